The summed E-state index contributed by atoms with van der Waals surface area (Å²) in [6.07, 6.45) is 0. The molecule has 90 valence electrons. The molecule has 0 aromatic carbocycles. The highest BCUT2D eigenvalue weighted by Gasteiger charge is 2.17. The van der Waals surface area contributed by atoms with Gasteiger partial charge in [-0.05, 0) is 30.5 Å². The van der Waals surface area contributed by atoms with Crippen molar-refractivity contribution in [1.82, 2.24) is 15.3 Å². The Labute approximate surface area is 105 Å². The molecule has 1 heterocycles. The Morgan fingerprint density at radius 2 is 2.18 bits per heavy atom. The molecule has 0 aliphatic carbocycles. The third kappa shape index (κ3) is 3.68. The third-order valence-corrected chi connectivity index (χ3v) is 2.32. The lowest BCUT2D eigenvalue weighted by Gasteiger charge is -2.14. The number of aryl methyl sites for hydroxylation is 1. The molecule has 0 saturated heterocycles. The first-order valence-corrected chi connectivity index (χ1v) is 5.53. The number of amides is 1. The van der Waals surface area contributed by atoms with Gasteiger partial charge in [0.05, 0.1) is 6.07 Å². The zero-order valence-corrected chi connectivity index (χ0v) is 10.6. The second-order valence-corrected chi connectivity index (χ2v) is 4.33. The molecule has 17 heavy (non-hydrogen) atoms. The smallest absolute Gasteiger partial charge is 0.271 e. The molecule has 0 aliphatic rings. The Bertz CT molecular complexity index is 447. The largest absolute Gasteiger partial charge is 0.335 e. The van der Waals surface area contributed by atoms with Gasteiger partial charge in [0.1, 0.15) is 11.7 Å². The van der Waals surface area contributed by atoms with E-state index in [4.69, 9.17) is 16.9 Å². The number of carbonyl (C=O) groups is 1. The van der Waals surface area contributed by atoms with E-state index in [0.29, 0.717) is 5.69 Å². The first kappa shape index (κ1) is 13.4. The van der Waals surface area contributed by atoms with E-state index in [0.717, 1.165) is 0 Å². The SMILES string of the molecule is Cc1cc(C(=O)NC(C#N)C(C)C)nc(Cl)n1. The van der Waals surface area contributed by atoms with Crippen LogP contribution in [0.4, 0.5) is 0 Å². The van der Waals surface area contributed by atoms with Crippen molar-refractivity contribution in [3.05, 3.63) is 22.7 Å². The van der Waals surface area contributed by atoms with E-state index in [9.17, 15) is 4.79 Å². The van der Waals surface area contributed by atoms with E-state index < -0.39 is 11.9 Å². The zero-order valence-electron chi connectivity index (χ0n) is 9.86. The van der Waals surface area contributed by atoms with Gasteiger partial charge < -0.3 is 5.32 Å². The second-order valence-electron chi connectivity index (χ2n) is 3.99. The summed E-state index contributed by atoms with van der Waals surface area (Å²) in [6, 6.07) is 3.00. The van der Waals surface area contributed by atoms with E-state index in [1.807, 2.05) is 19.9 Å². The maximum absolute atomic E-state index is 11.8. The highest BCUT2D eigenvalue weighted by atomic mass is 35.5. The molecular weight excluding hydrogens is 240 g/mol. The molecule has 1 rings (SSSR count). The van der Waals surface area contributed by atoms with Crippen LogP contribution < -0.4 is 5.32 Å². The number of nitriles is 1. The lowest BCUT2D eigenvalue weighted by molar-refractivity contribution is 0.0932. The number of hydrogen-bond acceptors (Lipinski definition) is 4. The first-order valence-electron chi connectivity index (χ1n) is 5.15. The minimum absolute atomic E-state index is 0.0215. The molecule has 1 atom stereocenters. The monoisotopic (exact) mass is 252 g/mol. The summed E-state index contributed by atoms with van der Waals surface area (Å²) in [5.74, 6) is -0.389. The van der Waals surface area contributed by atoms with Crippen LogP contribution in [0.2, 0.25) is 5.28 Å². The van der Waals surface area contributed by atoms with Crippen molar-refractivity contribution < 1.29 is 4.79 Å². The molecule has 6 heteroatoms. The molecule has 1 N–H and O–H groups in total. The van der Waals surface area contributed by atoms with Crippen molar-refractivity contribution in [3.63, 3.8) is 0 Å². The number of halogens is 1. The van der Waals surface area contributed by atoms with Gasteiger partial charge in [-0.2, -0.15) is 5.26 Å². The minimum atomic E-state index is -0.545. The molecule has 5 nitrogen and oxygen atoms in total. The van der Waals surface area contributed by atoms with Gasteiger partial charge in [-0.25, -0.2) is 9.97 Å². The quantitative estimate of drug-likeness (QED) is 0.831. The molecule has 0 spiro atoms. The summed E-state index contributed by atoms with van der Waals surface area (Å²) in [7, 11) is 0. The summed E-state index contributed by atoms with van der Waals surface area (Å²) in [6.45, 7) is 5.42. The maximum atomic E-state index is 11.8. The molecule has 1 aromatic rings. The number of nitrogens with zero attached hydrogens (tertiary/aromatic N) is 3. The van der Waals surface area contributed by atoms with Crippen molar-refractivity contribution in [2.24, 2.45) is 5.92 Å². The average Bonchev–Trinajstić information content (AvgIpc) is 2.23. The summed E-state index contributed by atoms with van der Waals surface area (Å²) < 4.78 is 0. The Kier molecular flexibility index (Phi) is 4.41. The summed E-state index contributed by atoms with van der Waals surface area (Å²) in [5, 5.41) is 11.5. The van der Waals surface area contributed by atoms with E-state index in [1.165, 1.54) is 6.07 Å². The van der Waals surface area contributed by atoms with Gasteiger partial charge in [0.15, 0.2) is 0 Å². The predicted molar refractivity (Wildman–Crippen MR) is 63.5 cm³/mol. The molecule has 0 saturated carbocycles. The van der Waals surface area contributed by atoms with Gasteiger partial charge in [-0.3, -0.25) is 4.79 Å². The van der Waals surface area contributed by atoms with Crippen molar-refractivity contribution in [3.8, 4) is 6.07 Å². The number of rotatable bonds is 3. The summed E-state index contributed by atoms with van der Waals surface area (Å²) in [5.41, 5.74) is 0.775. The van der Waals surface area contributed by atoms with Crippen LogP contribution in [0.3, 0.4) is 0 Å². The van der Waals surface area contributed by atoms with Crippen molar-refractivity contribution in [1.29, 1.82) is 5.26 Å². The van der Waals surface area contributed by atoms with E-state index in [1.54, 1.807) is 6.92 Å². The fourth-order valence-electron chi connectivity index (χ4n) is 1.21. The molecule has 1 unspecified atom stereocenters. The van der Waals surface area contributed by atoms with E-state index >= 15 is 0 Å². The number of nitrogens with one attached hydrogen (secondary N) is 1. The summed E-state index contributed by atoms with van der Waals surface area (Å²) >= 11 is 5.66. The van der Waals surface area contributed by atoms with Crippen LogP contribution in [0.25, 0.3) is 0 Å². The molecule has 0 fully saturated rings. The Balaban J connectivity index is 2.87. The fraction of sp³-hybridized carbons (Fsp3) is 0.455. The van der Waals surface area contributed by atoms with Crippen LogP contribution in [-0.4, -0.2) is 21.9 Å². The minimum Gasteiger partial charge on any atom is -0.335 e. The topological polar surface area (TPSA) is 78.7 Å². The predicted octanol–water partition coefficient (Wildman–Crippen LogP) is 1.72. The molecule has 0 bridgehead atoms. The highest BCUT2D eigenvalue weighted by Crippen LogP contribution is 2.07. The normalized spacial score (nSPS) is 12.0. The highest BCUT2D eigenvalue weighted by molar-refractivity contribution is 6.28. The molecular formula is C11H13ClN4O. The van der Waals surface area contributed by atoms with Gasteiger partial charge in [0.2, 0.25) is 5.28 Å². The van der Waals surface area contributed by atoms with Gasteiger partial charge in [0.25, 0.3) is 5.91 Å². The number of carbonyl (C=O) groups excluding carboxylic acids is 1. The van der Waals surface area contributed by atoms with Crippen LogP contribution in [0.15, 0.2) is 6.07 Å². The molecule has 0 radical (unpaired) electrons. The standard InChI is InChI=1S/C11H13ClN4O/c1-6(2)9(5-13)15-10(17)8-4-7(3)14-11(12)16-8/h4,6,9H,1-3H3,(H,15,17). The molecule has 0 aliphatic heterocycles. The first-order chi connectivity index (χ1) is 7.93. The van der Waals surface area contributed by atoms with Crippen molar-refractivity contribution >= 4 is 17.5 Å². The van der Waals surface area contributed by atoms with Crippen molar-refractivity contribution in [2.45, 2.75) is 26.8 Å². The Morgan fingerprint density at radius 3 is 2.65 bits per heavy atom. The van der Waals surface area contributed by atoms with Crippen LogP contribution in [0, 0.1) is 24.2 Å². The lowest BCUT2D eigenvalue weighted by Crippen LogP contribution is -2.37. The van der Waals surface area contributed by atoms with Crippen LogP contribution >= 0.6 is 11.6 Å². The fourth-order valence-corrected chi connectivity index (χ4v) is 1.44. The summed E-state index contributed by atoms with van der Waals surface area (Å²) in [4.78, 5) is 19.5. The molecule has 1 amide bonds. The second kappa shape index (κ2) is 5.60. The van der Waals surface area contributed by atoms with E-state index in [-0.39, 0.29) is 16.9 Å². The number of aromatic nitrogens is 2. The maximum Gasteiger partial charge on any atom is 0.271 e. The van der Waals surface area contributed by atoms with Crippen LogP contribution in [-0.2, 0) is 0 Å². The lowest BCUT2D eigenvalue weighted by atomic mass is 10.1. The molecule has 1 aromatic heterocycles. The van der Waals surface area contributed by atoms with Crippen LogP contribution in [0.1, 0.15) is 30.0 Å². The van der Waals surface area contributed by atoms with Gasteiger partial charge in [-0.15, -0.1) is 0 Å². The average molecular weight is 253 g/mol. The Morgan fingerprint density at radius 1 is 1.53 bits per heavy atom. The third-order valence-electron chi connectivity index (χ3n) is 2.15. The van der Waals surface area contributed by atoms with Crippen molar-refractivity contribution in [2.75, 3.05) is 0 Å². The van der Waals surface area contributed by atoms with Gasteiger partial charge in [-0.1, -0.05) is 13.8 Å². The Hall–Kier alpha value is -1.67. The zero-order chi connectivity index (χ0) is 13.0. The van der Waals surface area contributed by atoms with Gasteiger partial charge >= 0.3 is 0 Å². The van der Waals surface area contributed by atoms with Crippen LogP contribution in [0.5, 0.6) is 0 Å². The number of hydrogen-bond donors (Lipinski definition) is 1. The van der Waals surface area contributed by atoms with E-state index in [2.05, 4.69) is 15.3 Å². The van der Waals surface area contributed by atoms with Gasteiger partial charge in [0, 0.05) is 5.69 Å².